The molecule has 1 amide bonds. The second-order valence-electron chi connectivity index (χ2n) is 5.27. The first-order chi connectivity index (χ1) is 9.60. The van der Waals surface area contributed by atoms with Crippen LogP contribution in [0.5, 0.6) is 0 Å². The molecule has 1 aromatic carbocycles. The summed E-state index contributed by atoms with van der Waals surface area (Å²) in [4.78, 5) is 13.4. The summed E-state index contributed by atoms with van der Waals surface area (Å²) < 4.78 is 0. The molecule has 0 radical (unpaired) electrons. The zero-order valence-corrected chi connectivity index (χ0v) is 12.8. The van der Waals surface area contributed by atoms with Gasteiger partial charge >= 0.3 is 0 Å². The maximum absolute atomic E-state index is 11.1. The molecule has 0 atom stereocenters. The third kappa shape index (κ3) is 3.87. The number of amides is 1. The topological polar surface area (TPSA) is 44.4 Å². The number of halogens is 1. The number of nitrogens with zero attached hydrogens (tertiary/aromatic N) is 1. The normalized spacial score (nSPS) is 16.2. The van der Waals surface area contributed by atoms with Crippen LogP contribution >= 0.6 is 11.6 Å². The molecule has 20 heavy (non-hydrogen) atoms. The van der Waals surface area contributed by atoms with Crippen LogP contribution in [0.25, 0.3) is 0 Å². The van der Waals surface area contributed by atoms with E-state index in [0.29, 0.717) is 6.04 Å². The molecule has 1 aliphatic heterocycles. The van der Waals surface area contributed by atoms with E-state index >= 15 is 0 Å². The molecular weight excluding hydrogens is 274 g/mol. The van der Waals surface area contributed by atoms with Gasteiger partial charge in [0.2, 0.25) is 5.91 Å². The van der Waals surface area contributed by atoms with Crippen LogP contribution in [0, 0.1) is 0 Å². The number of carbonyl (C=O) groups is 1. The highest BCUT2D eigenvalue weighted by molar-refractivity contribution is 6.31. The van der Waals surface area contributed by atoms with Crippen LogP contribution in [0.1, 0.15) is 25.3 Å². The summed E-state index contributed by atoms with van der Waals surface area (Å²) >= 11 is 6.30. The summed E-state index contributed by atoms with van der Waals surface area (Å²) in [5.74, 6) is 0.0583. The predicted octanol–water partition coefficient (Wildman–Crippen LogP) is 2.16. The molecule has 1 saturated heterocycles. The lowest BCUT2D eigenvalue weighted by Crippen LogP contribution is -2.44. The number of benzene rings is 1. The molecule has 1 heterocycles. The highest BCUT2D eigenvalue weighted by Gasteiger charge is 2.20. The molecule has 110 valence electrons. The molecule has 1 aliphatic rings. The molecular formula is C15H22ClN3O. The molecule has 0 aromatic heterocycles. The number of hydrogen-bond donors (Lipinski definition) is 2. The average molecular weight is 296 g/mol. The van der Waals surface area contributed by atoms with Crippen molar-refractivity contribution in [3.8, 4) is 0 Å². The molecule has 1 fully saturated rings. The van der Waals surface area contributed by atoms with Crippen molar-refractivity contribution < 1.29 is 4.79 Å². The Kier molecular flexibility index (Phi) is 5.26. The van der Waals surface area contributed by atoms with Crippen LogP contribution in [0.2, 0.25) is 5.02 Å². The summed E-state index contributed by atoms with van der Waals surface area (Å²) in [5.41, 5.74) is 2.28. The predicted molar refractivity (Wildman–Crippen MR) is 83.3 cm³/mol. The Bertz CT molecular complexity index is 470. The van der Waals surface area contributed by atoms with Gasteiger partial charge < -0.3 is 15.5 Å². The number of carbonyl (C=O) groups excluding carboxylic acids is 1. The monoisotopic (exact) mass is 295 g/mol. The first-order valence-corrected chi connectivity index (χ1v) is 7.43. The van der Waals surface area contributed by atoms with Gasteiger partial charge in [-0.25, -0.2) is 0 Å². The fourth-order valence-electron chi connectivity index (χ4n) is 2.64. The van der Waals surface area contributed by atoms with Crippen LogP contribution in [-0.2, 0) is 11.3 Å². The minimum atomic E-state index is 0.0583. The smallest absolute Gasteiger partial charge is 0.217 e. The fourth-order valence-corrected chi connectivity index (χ4v) is 2.88. The van der Waals surface area contributed by atoms with Crippen LogP contribution in [0.15, 0.2) is 18.2 Å². The molecule has 0 aliphatic carbocycles. The molecule has 0 unspecified atom stereocenters. The van der Waals surface area contributed by atoms with Gasteiger partial charge in [-0.1, -0.05) is 17.7 Å². The van der Waals surface area contributed by atoms with E-state index in [2.05, 4.69) is 27.7 Å². The Morgan fingerprint density at radius 3 is 2.65 bits per heavy atom. The van der Waals surface area contributed by atoms with Gasteiger partial charge in [0.15, 0.2) is 0 Å². The number of hydrogen-bond acceptors (Lipinski definition) is 3. The molecule has 4 nitrogen and oxygen atoms in total. The Morgan fingerprint density at radius 2 is 2.10 bits per heavy atom. The lowest BCUT2D eigenvalue weighted by Gasteiger charge is -2.34. The van der Waals surface area contributed by atoms with E-state index in [-0.39, 0.29) is 5.91 Å². The van der Waals surface area contributed by atoms with Gasteiger partial charge in [0.1, 0.15) is 0 Å². The molecule has 1 aromatic rings. The zero-order chi connectivity index (χ0) is 14.5. The van der Waals surface area contributed by atoms with Crippen LogP contribution in [0.4, 0.5) is 5.69 Å². The van der Waals surface area contributed by atoms with Gasteiger partial charge in [0.05, 0.1) is 0 Å². The summed E-state index contributed by atoms with van der Waals surface area (Å²) in [6.45, 7) is 4.26. The second kappa shape index (κ2) is 6.95. The summed E-state index contributed by atoms with van der Waals surface area (Å²) in [6.07, 6.45) is 1.96. The van der Waals surface area contributed by atoms with Crippen LogP contribution in [-0.4, -0.2) is 32.1 Å². The lowest BCUT2D eigenvalue weighted by molar-refractivity contribution is -0.119. The third-order valence-corrected chi connectivity index (χ3v) is 4.02. The Balaban J connectivity index is 1.96. The summed E-state index contributed by atoms with van der Waals surface area (Å²) in [7, 11) is 1.91. The molecule has 0 spiro atoms. The van der Waals surface area contributed by atoms with Gasteiger partial charge in [0.25, 0.3) is 0 Å². The van der Waals surface area contributed by atoms with Crippen molar-refractivity contribution in [3.63, 3.8) is 0 Å². The highest BCUT2D eigenvalue weighted by Crippen LogP contribution is 2.26. The molecule has 0 saturated carbocycles. The number of anilines is 1. The molecule has 5 heteroatoms. The third-order valence-electron chi connectivity index (χ3n) is 3.67. The first-order valence-electron chi connectivity index (χ1n) is 7.05. The van der Waals surface area contributed by atoms with Gasteiger partial charge in [-0.2, -0.15) is 0 Å². The van der Waals surface area contributed by atoms with Gasteiger partial charge in [-0.15, -0.1) is 0 Å². The minimum Gasteiger partial charge on any atom is -0.371 e. The number of piperidine rings is 1. The highest BCUT2D eigenvalue weighted by atomic mass is 35.5. The van der Waals surface area contributed by atoms with Crippen LogP contribution in [0.3, 0.4) is 0 Å². The lowest BCUT2D eigenvalue weighted by atomic mass is 10.0. The van der Waals surface area contributed by atoms with Crippen LogP contribution < -0.4 is 15.5 Å². The van der Waals surface area contributed by atoms with E-state index in [1.54, 1.807) is 6.92 Å². The van der Waals surface area contributed by atoms with E-state index in [0.717, 1.165) is 48.7 Å². The Hall–Kier alpha value is -1.26. The summed E-state index contributed by atoms with van der Waals surface area (Å²) in [6, 6.07) is 6.54. The zero-order valence-electron chi connectivity index (χ0n) is 12.1. The second-order valence-corrected chi connectivity index (χ2v) is 5.68. The van der Waals surface area contributed by atoms with Crippen molar-refractivity contribution >= 4 is 23.2 Å². The minimum absolute atomic E-state index is 0.0583. The van der Waals surface area contributed by atoms with E-state index in [1.165, 1.54) is 0 Å². The number of rotatable bonds is 4. The van der Waals surface area contributed by atoms with E-state index in [4.69, 9.17) is 11.6 Å². The maximum Gasteiger partial charge on any atom is 0.217 e. The Morgan fingerprint density at radius 1 is 1.40 bits per heavy atom. The van der Waals surface area contributed by atoms with Crippen molar-refractivity contribution in [1.29, 1.82) is 0 Å². The van der Waals surface area contributed by atoms with E-state index in [1.807, 2.05) is 13.1 Å². The maximum atomic E-state index is 11.1. The number of nitrogens with one attached hydrogen (secondary N) is 2. The van der Waals surface area contributed by atoms with Gasteiger partial charge in [-0.3, -0.25) is 4.79 Å². The quantitative estimate of drug-likeness (QED) is 0.895. The summed E-state index contributed by atoms with van der Waals surface area (Å²) in [5, 5.41) is 6.91. The van der Waals surface area contributed by atoms with Crippen molar-refractivity contribution in [3.05, 3.63) is 28.8 Å². The first kappa shape index (κ1) is 15.1. The van der Waals surface area contributed by atoms with Crippen molar-refractivity contribution in [2.24, 2.45) is 0 Å². The molecule has 0 bridgehead atoms. The SMILES string of the molecule is CNCc1ccc(N2CCC(NC(C)=O)CC2)cc1Cl. The average Bonchev–Trinajstić information content (AvgIpc) is 2.41. The largest absolute Gasteiger partial charge is 0.371 e. The molecule has 2 N–H and O–H groups in total. The Labute approximate surface area is 125 Å². The van der Waals surface area contributed by atoms with Gasteiger partial charge in [0, 0.05) is 43.3 Å². The molecule has 2 rings (SSSR count). The van der Waals surface area contributed by atoms with Crippen molar-refractivity contribution in [1.82, 2.24) is 10.6 Å². The fraction of sp³-hybridized carbons (Fsp3) is 0.533. The van der Waals surface area contributed by atoms with Crippen molar-refractivity contribution in [2.45, 2.75) is 32.4 Å². The standard InChI is InChI=1S/C15H22ClN3O/c1-11(20)18-13-5-7-19(8-6-13)14-4-3-12(10-17-2)15(16)9-14/h3-4,9,13,17H,5-8,10H2,1-2H3,(H,18,20). The van der Waals surface area contributed by atoms with E-state index in [9.17, 15) is 4.79 Å². The van der Waals surface area contributed by atoms with Crippen molar-refractivity contribution in [2.75, 3.05) is 25.0 Å². The van der Waals surface area contributed by atoms with Gasteiger partial charge in [-0.05, 0) is 37.6 Å². The van der Waals surface area contributed by atoms with E-state index < -0.39 is 0 Å².